The molecule has 6 atom stereocenters. The fourth-order valence-electron chi connectivity index (χ4n) is 5.11. The smallest absolute Gasteiger partial charge is 0.312 e. The zero-order valence-electron chi connectivity index (χ0n) is 17.2. The first-order chi connectivity index (χ1) is 13.8. The quantitative estimate of drug-likeness (QED) is 0.293. The summed E-state index contributed by atoms with van der Waals surface area (Å²) in [7, 11) is 0. The van der Waals surface area contributed by atoms with E-state index in [1.54, 1.807) is 11.8 Å². The highest BCUT2D eigenvalue weighted by Crippen LogP contribution is 2.60. The van der Waals surface area contributed by atoms with Crippen molar-refractivity contribution >= 4 is 33.7 Å². The van der Waals surface area contributed by atoms with Crippen LogP contribution >= 0.6 is 15.9 Å². The fraction of sp³-hybridized carbons (Fsp3) is 0.850. The van der Waals surface area contributed by atoms with Crippen molar-refractivity contribution in [1.29, 1.82) is 0 Å². The van der Waals surface area contributed by atoms with E-state index in [1.165, 1.54) is 0 Å². The molecule has 0 radical (unpaired) electrons. The van der Waals surface area contributed by atoms with Gasteiger partial charge in [0.1, 0.15) is 11.6 Å². The van der Waals surface area contributed by atoms with Crippen molar-refractivity contribution in [3.05, 3.63) is 0 Å². The van der Waals surface area contributed by atoms with E-state index in [0.29, 0.717) is 25.8 Å². The molecule has 2 N–H and O–H groups in total. The lowest BCUT2D eigenvalue weighted by Gasteiger charge is -2.34. The number of ether oxygens (including phenoxy) is 2. The number of aliphatic hydroxyl groups is 1. The molecular formula is C20H31BrN2O6. The van der Waals surface area contributed by atoms with Crippen molar-refractivity contribution in [3.63, 3.8) is 0 Å². The van der Waals surface area contributed by atoms with Gasteiger partial charge in [-0.25, -0.2) is 0 Å². The molecule has 3 fully saturated rings. The average Bonchev–Trinajstić information content (AvgIpc) is 3.22. The molecule has 2 bridgehead atoms. The first-order valence-corrected chi connectivity index (χ1v) is 11.4. The number of nitrogens with one attached hydrogen (secondary N) is 1. The zero-order chi connectivity index (χ0) is 21.3. The number of esters is 1. The highest BCUT2D eigenvalue weighted by atomic mass is 79.9. The number of hydrogen-bond acceptors (Lipinski definition) is 6. The van der Waals surface area contributed by atoms with Crippen LogP contribution in [0.5, 0.6) is 0 Å². The van der Waals surface area contributed by atoms with E-state index < -0.39 is 35.6 Å². The van der Waals surface area contributed by atoms with E-state index in [4.69, 9.17) is 14.6 Å². The van der Waals surface area contributed by atoms with E-state index in [-0.39, 0.29) is 35.9 Å². The molecule has 1 spiro atoms. The predicted molar refractivity (Wildman–Crippen MR) is 108 cm³/mol. The maximum absolute atomic E-state index is 13.5. The van der Waals surface area contributed by atoms with Gasteiger partial charge in [0.15, 0.2) is 0 Å². The van der Waals surface area contributed by atoms with Crippen molar-refractivity contribution in [1.82, 2.24) is 10.2 Å². The Kier molecular flexibility index (Phi) is 6.90. The van der Waals surface area contributed by atoms with Crippen LogP contribution in [0.15, 0.2) is 0 Å². The van der Waals surface area contributed by atoms with Crippen molar-refractivity contribution in [3.8, 4) is 0 Å². The van der Waals surface area contributed by atoms with Crippen LogP contribution in [-0.2, 0) is 23.9 Å². The van der Waals surface area contributed by atoms with E-state index in [2.05, 4.69) is 21.2 Å². The number of halogens is 1. The molecule has 8 nitrogen and oxygen atoms in total. The Labute approximate surface area is 179 Å². The highest BCUT2D eigenvalue weighted by Gasteiger charge is 2.76. The van der Waals surface area contributed by atoms with Gasteiger partial charge in [0, 0.05) is 24.0 Å². The molecule has 3 rings (SSSR count). The SMILES string of the molecule is CCOC(=O)[C@H]1[C@@H]2O[C@@]3(CC2Br)[C@@H]1C(=O)N(CCCCCO)[C@@H]3C(=O)NC(C)C. The second-order valence-corrected chi connectivity index (χ2v) is 9.57. The Bertz CT molecular complexity index is 659. The Balaban J connectivity index is 1.94. The second kappa shape index (κ2) is 8.89. The third kappa shape index (κ3) is 3.81. The largest absolute Gasteiger partial charge is 0.466 e. The summed E-state index contributed by atoms with van der Waals surface area (Å²) in [4.78, 5) is 40.8. The molecule has 1 unspecified atom stereocenters. The van der Waals surface area contributed by atoms with E-state index in [0.717, 1.165) is 6.42 Å². The lowest BCUT2D eigenvalue weighted by molar-refractivity contribution is -0.154. The number of carbonyl (C=O) groups excluding carboxylic acids is 3. The summed E-state index contributed by atoms with van der Waals surface area (Å²) in [5.41, 5.74) is -1.02. The number of alkyl halides is 1. The average molecular weight is 475 g/mol. The molecule has 0 aromatic carbocycles. The summed E-state index contributed by atoms with van der Waals surface area (Å²) < 4.78 is 11.6. The number of aliphatic hydroxyl groups excluding tert-OH is 1. The van der Waals surface area contributed by atoms with Crippen molar-refractivity contribution in [2.75, 3.05) is 19.8 Å². The topological polar surface area (TPSA) is 105 Å². The van der Waals surface area contributed by atoms with Gasteiger partial charge in [-0.2, -0.15) is 0 Å². The number of rotatable bonds is 9. The summed E-state index contributed by atoms with van der Waals surface area (Å²) in [6.07, 6.45) is 2.09. The van der Waals surface area contributed by atoms with E-state index >= 15 is 0 Å². The minimum absolute atomic E-state index is 0.0801. The molecule has 3 aliphatic heterocycles. The molecule has 0 aromatic rings. The molecule has 3 saturated heterocycles. The van der Waals surface area contributed by atoms with Crippen LogP contribution in [0.4, 0.5) is 0 Å². The lowest BCUT2D eigenvalue weighted by Crippen LogP contribution is -2.56. The normalized spacial score (nSPS) is 35.3. The van der Waals surface area contributed by atoms with Gasteiger partial charge in [0.2, 0.25) is 11.8 Å². The Hall–Kier alpha value is -1.19. The molecular weight excluding hydrogens is 444 g/mol. The third-order valence-corrected chi connectivity index (χ3v) is 6.93. The van der Waals surface area contributed by atoms with Crippen molar-refractivity contribution in [2.45, 2.75) is 75.1 Å². The van der Waals surface area contributed by atoms with Crippen molar-refractivity contribution in [2.24, 2.45) is 11.8 Å². The maximum Gasteiger partial charge on any atom is 0.312 e. The number of hydrogen-bond donors (Lipinski definition) is 2. The van der Waals surface area contributed by atoms with Crippen LogP contribution in [0.25, 0.3) is 0 Å². The van der Waals surface area contributed by atoms with E-state index in [1.807, 2.05) is 13.8 Å². The van der Waals surface area contributed by atoms with Crippen LogP contribution in [-0.4, -0.2) is 76.2 Å². The van der Waals surface area contributed by atoms with Crippen molar-refractivity contribution < 1.29 is 29.0 Å². The number of amides is 2. The van der Waals surface area contributed by atoms with Gasteiger partial charge in [-0.15, -0.1) is 0 Å². The Morgan fingerprint density at radius 3 is 2.72 bits per heavy atom. The first-order valence-electron chi connectivity index (χ1n) is 10.5. The standard InChI is InChI=1S/C20H31BrN2O6/c1-4-28-19(27)13-14-18(26)23(8-6-5-7-9-24)16(17(25)22-11(2)3)20(14)10-12(21)15(13)29-20/h11-16,24H,4-10H2,1-3H3,(H,22,25)/t12?,13-,14+,15-,16-,20+/m1/s1. The molecule has 0 aliphatic carbocycles. The van der Waals surface area contributed by atoms with Gasteiger partial charge in [-0.3, -0.25) is 14.4 Å². The Morgan fingerprint density at radius 1 is 1.38 bits per heavy atom. The number of nitrogens with zero attached hydrogens (tertiary/aromatic N) is 1. The third-order valence-electron chi connectivity index (χ3n) is 6.08. The lowest BCUT2D eigenvalue weighted by atomic mass is 9.70. The van der Waals surface area contributed by atoms with Crippen LogP contribution in [0.3, 0.4) is 0 Å². The molecule has 0 aromatic heterocycles. The summed E-state index contributed by atoms with van der Waals surface area (Å²) in [5.74, 6) is -2.31. The predicted octanol–water partition coefficient (Wildman–Crippen LogP) is 0.985. The zero-order valence-corrected chi connectivity index (χ0v) is 18.8. The van der Waals surface area contributed by atoms with Crippen LogP contribution in [0, 0.1) is 11.8 Å². The molecule has 164 valence electrons. The summed E-state index contributed by atoms with van der Waals surface area (Å²) in [6.45, 7) is 6.19. The molecule has 9 heteroatoms. The highest BCUT2D eigenvalue weighted by molar-refractivity contribution is 9.09. The van der Waals surface area contributed by atoms with Crippen LogP contribution in [0.1, 0.15) is 46.5 Å². The summed E-state index contributed by atoms with van der Waals surface area (Å²) in [6, 6.07) is -0.857. The monoisotopic (exact) mass is 474 g/mol. The van der Waals surface area contributed by atoms with Gasteiger partial charge in [0.25, 0.3) is 0 Å². The number of fused-ring (bicyclic) bond motifs is 1. The number of unbranched alkanes of at least 4 members (excludes halogenated alkanes) is 2. The molecule has 2 amide bonds. The van der Waals surface area contributed by atoms with E-state index in [9.17, 15) is 14.4 Å². The molecule has 29 heavy (non-hydrogen) atoms. The van der Waals surface area contributed by atoms with Gasteiger partial charge in [-0.05, 0) is 46.5 Å². The van der Waals surface area contributed by atoms with Gasteiger partial charge in [0.05, 0.1) is 24.5 Å². The Morgan fingerprint density at radius 2 is 2.10 bits per heavy atom. The second-order valence-electron chi connectivity index (χ2n) is 8.39. The van der Waals surface area contributed by atoms with Crippen LogP contribution < -0.4 is 5.32 Å². The maximum atomic E-state index is 13.5. The number of carbonyl (C=O) groups is 3. The minimum Gasteiger partial charge on any atom is -0.466 e. The molecule has 3 aliphatic rings. The molecule has 0 saturated carbocycles. The van der Waals surface area contributed by atoms with Gasteiger partial charge < -0.3 is 24.8 Å². The minimum atomic E-state index is -1.02. The van der Waals surface area contributed by atoms with Crippen LogP contribution in [0.2, 0.25) is 0 Å². The number of likely N-dealkylation sites (tertiary alicyclic amines) is 1. The van der Waals surface area contributed by atoms with Gasteiger partial charge >= 0.3 is 5.97 Å². The fourth-order valence-corrected chi connectivity index (χ4v) is 6.06. The first kappa shape index (κ1) is 22.5. The molecule has 3 heterocycles. The summed E-state index contributed by atoms with van der Waals surface area (Å²) >= 11 is 3.60. The summed E-state index contributed by atoms with van der Waals surface area (Å²) in [5, 5.41) is 11.9. The van der Waals surface area contributed by atoms with Gasteiger partial charge in [-0.1, -0.05) is 15.9 Å².